The Morgan fingerprint density at radius 1 is 1.16 bits per heavy atom. The van der Waals surface area contributed by atoms with Crippen molar-refractivity contribution in [1.29, 1.82) is 0 Å². The molecule has 164 valence electrons. The second-order valence-corrected chi connectivity index (χ2v) is 7.91. The Bertz CT molecular complexity index is 979. The van der Waals surface area contributed by atoms with Gasteiger partial charge in [0.25, 0.3) is 0 Å². The summed E-state index contributed by atoms with van der Waals surface area (Å²) in [4.78, 5) is 8.91. The number of benzene rings is 1. The number of ether oxygens (including phenoxy) is 1. The third kappa shape index (κ3) is 5.12. The van der Waals surface area contributed by atoms with Crippen LogP contribution in [-0.4, -0.2) is 63.9 Å². The van der Waals surface area contributed by atoms with E-state index < -0.39 is 0 Å². The van der Waals surface area contributed by atoms with Gasteiger partial charge in [0.05, 0.1) is 19.0 Å². The minimum atomic E-state index is -0.251. The Kier molecular flexibility index (Phi) is 6.96. The van der Waals surface area contributed by atoms with Crippen LogP contribution < -0.4 is 4.74 Å². The van der Waals surface area contributed by atoms with Gasteiger partial charge in [-0.25, -0.2) is 4.39 Å². The molecule has 1 aliphatic rings. The van der Waals surface area contributed by atoms with Crippen LogP contribution in [0.15, 0.2) is 61.1 Å². The van der Waals surface area contributed by atoms with Gasteiger partial charge >= 0.3 is 0 Å². The maximum Gasteiger partial charge on any atom is 0.131 e. The van der Waals surface area contributed by atoms with Crippen LogP contribution in [0.3, 0.4) is 0 Å². The van der Waals surface area contributed by atoms with Crippen molar-refractivity contribution in [3.63, 3.8) is 0 Å². The first kappa shape index (κ1) is 21.5. The molecule has 31 heavy (non-hydrogen) atoms. The summed E-state index contributed by atoms with van der Waals surface area (Å²) < 4.78 is 21.7. The second kappa shape index (κ2) is 10.0. The summed E-state index contributed by atoms with van der Waals surface area (Å²) in [6, 6.07) is 13.4. The average molecular weight is 425 g/mol. The maximum atomic E-state index is 14.5. The summed E-state index contributed by atoms with van der Waals surface area (Å²) in [5, 5.41) is 9.61. The topological polar surface area (TPSA) is 53.8 Å². The molecule has 0 saturated carbocycles. The lowest BCUT2D eigenvalue weighted by Gasteiger charge is -2.41. The maximum absolute atomic E-state index is 14.5. The van der Waals surface area contributed by atoms with Crippen molar-refractivity contribution in [2.45, 2.75) is 25.6 Å². The first-order valence-electron chi connectivity index (χ1n) is 10.6. The van der Waals surface area contributed by atoms with E-state index in [-0.39, 0.29) is 18.5 Å². The van der Waals surface area contributed by atoms with Crippen molar-refractivity contribution in [2.75, 3.05) is 33.4 Å². The molecule has 0 aliphatic carbocycles. The molecule has 1 saturated heterocycles. The van der Waals surface area contributed by atoms with E-state index in [1.165, 1.54) is 18.9 Å². The summed E-state index contributed by atoms with van der Waals surface area (Å²) in [5.41, 5.74) is 2.90. The van der Waals surface area contributed by atoms with E-state index in [0.717, 1.165) is 31.9 Å². The minimum absolute atomic E-state index is 0.117. The Morgan fingerprint density at radius 3 is 2.81 bits per heavy atom. The monoisotopic (exact) mass is 424 g/mol. The molecule has 0 spiro atoms. The lowest BCUT2D eigenvalue weighted by molar-refractivity contribution is 0.0485. The van der Waals surface area contributed by atoms with E-state index >= 15 is 0 Å². The number of piperazine rings is 1. The highest BCUT2D eigenvalue weighted by Crippen LogP contribution is 2.23. The molecule has 1 unspecified atom stereocenters. The zero-order valence-corrected chi connectivity index (χ0v) is 17.8. The molecule has 1 aliphatic heterocycles. The van der Waals surface area contributed by atoms with Gasteiger partial charge in [-0.3, -0.25) is 14.8 Å². The quantitative estimate of drug-likeness (QED) is 0.602. The standard InChI is InChI=1S/C24H29FN4O2/c1-31-23-7-6-19(24(25)14-23)16-28-12-11-27(17-21(28)8-13-30)18-22-5-3-10-29(22)20-4-2-9-26-15-20/h2-7,9-10,14-15,21,30H,8,11-13,16-18H2,1H3. The van der Waals surface area contributed by atoms with Crippen LogP contribution in [-0.2, 0) is 13.1 Å². The Labute approximate surface area is 182 Å². The molecule has 6 nitrogen and oxygen atoms in total. The van der Waals surface area contributed by atoms with E-state index in [1.54, 1.807) is 18.3 Å². The van der Waals surface area contributed by atoms with Crippen molar-refractivity contribution < 1.29 is 14.2 Å². The van der Waals surface area contributed by atoms with Crippen LogP contribution in [0.4, 0.5) is 4.39 Å². The zero-order chi connectivity index (χ0) is 21.6. The molecular formula is C24H29FN4O2. The van der Waals surface area contributed by atoms with E-state index in [4.69, 9.17) is 4.74 Å². The fourth-order valence-electron chi connectivity index (χ4n) is 4.26. The predicted octanol–water partition coefficient (Wildman–Crippen LogP) is 3.09. The van der Waals surface area contributed by atoms with Gasteiger partial charge < -0.3 is 14.4 Å². The molecule has 3 heterocycles. The number of pyridine rings is 1. The number of hydrogen-bond acceptors (Lipinski definition) is 5. The van der Waals surface area contributed by atoms with Gasteiger partial charge in [-0.1, -0.05) is 6.07 Å². The summed E-state index contributed by atoms with van der Waals surface area (Å²) in [6.07, 6.45) is 6.36. The van der Waals surface area contributed by atoms with Crippen molar-refractivity contribution >= 4 is 0 Å². The van der Waals surface area contributed by atoms with Gasteiger partial charge in [-0.2, -0.15) is 0 Å². The summed E-state index contributed by atoms with van der Waals surface area (Å²) in [7, 11) is 1.54. The molecule has 1 N–H and O–H groups in total. The van der Waals surface area contributed by atoms with Crippen molar-refractivity contribution in [1.82, 2.24) is 19.4 Å². The molecule has 1 aromatic carbocycles. The number of hydrogen-bond donors (Lipinski definition) is 1. The van der Waals surface area contributed by atoms with Crippen LogP contribution >= 0.6 is 0 Å². The van der Waals surface area contributed by atoms with Crippen LogP contribution in [0.1, 0.15) is 17.7 Å². The van der Waals surface area contributed by atoms with Crippen molar-refractivity contribution in [3.05, 3.63) is 78.1 Å². The van der Waals surface area contributed by atoms with E-state index in [1.807, 2.05) is 18.3 Å². The fourth-order valence-corrected chi connectivity index (χ4v) is 4.26. The Morgan fingerprint density at radius 2 is 2.06 bits per heavy atom. The van der Waals surface area contributed by atoms with E-state index in [0.29, 0.717) is 24.3 Å². The minimum Gasteiger partial charge on any atom is -0.497 e. The van der Waals surface area contributed by atoms with Crippen molar-refractivity contribution in [2.24, 2.45) is 0 Å². The third-order valence-electron chi connectivity index (χ3n) is 5.93. The zero-order valence-electron chi connectivity index (χ0n) is 17.8. The molecule has 0 radical (unpaired) electrons. The number of halogens is 1. The second-order valence-electron chi connectivity index (χ2n) is 7.91. The number of aliphatic hydroxyl groups is 1. The number of nitrogens with zero attached hydrogens (tertiary/aromatic N) is 4. The summed E-state index contributed by atoms with van der Waals surface area (Å²) in [5.74, 6) is 0.272. The highest BCUT2D eigenvalue weighted by molar-refractivity contribution is 5.32. The number of rotatable bonds is 8. The summed E-state index contributed by atoms with van der Waals surface area (Å²) in [6.45, 7) is 4.00. The smallest absolute Gasteiger partial charge is 0.131 e. The number of aromatic nitrogens is 2. The molecule has 1 atom stereocenters. The van der Waals surface area contributed by atoms with Gasteiger partial charge in [-0.15, -0.1) is 0 Å². The Balaban J connectivity index is 1.44. The van der Waals surface area contributed by atoms with Crippen LogP contribution in [0.2, 0.25) is 0 Å². The molecule has 3 aromatic rings. The van der Waals surface area contributed by atoms with Gasteiger partial charge in [0.1, 0.15) is 11.6 Å². The largest absolute Gasteiger partial charge is 0.497 e. The number of aliphatic hydroxyl groups excluding tert-OH is 1. The van der Waals surface area contributed by atoms with Crippen molar-refractivity contribution in [3.8, 4) is 11.4 Å². The Hall–Kier alpha value is -2.74. The molecule has 2 aromatic heterocycles. The van der Waals surface area contributed by atoms with Crippen LogP contribution in [0.25, 0.3) is 5.69 Å². The first-order valence-corrected chi connectivity index (χ1v) is 10.6. The van der Waals surface area contributed by atoms with Gasteiger partial charge in [0.15, 0.2) is 0 Å². The van der Waals surface area contributed by atoms with Gasteiger partial charge in [0.2, 0.25) is 0 Å². The molecule has 7 heteroatoms. The molecule has 1 fully saturated rings. The van der Waals surface area contributed by atoms with E-state index in [9.17, 15) is 9.50 Å². The highest BCUT2D eigenvalue weighted by atomic mass is 19.1. The van der Waals surface area contributed by atoms with Crippen LogP contribution in [0.5, 0.6) is 5.75 Å². The van der Waals surface area contributed by atoms with Gasteiger partial charge in [-0.05, 0) is 36.8 Å². The predicted molar refractivity (Wildman–Crippen MR) is 118 cm³/mol. The van der Waals surface area contributed by atoms with Gasteiger partial charge in [0, 0.05) is 75.1 Å². The van der Waals surface area contributed by atoms with E-state index in [2.05, 4.69) is 37.7 Å². The van der Waals surface area contributed by atoms with Crippen LogP contribution in [0, 0.1) is 5.82 Å². The molecule has 0 bridgehead atoms. The average Bonchev–Trinajstić information content (AvgIpc) is 3.25. The number of methoxy groups -OCH3 is 1. The lowest BCUT2D eigenvalue weighted by atomic mass is 10.1. The fraction of sp³-hybridized carbons (Fsp3) is 0.375. The SMILES string of the molecule is COc1ccc(CN2CCN(Cc3cccn3-c3cccnc3)CC2CCO)c(F)c1. The lowest BCUT2D eigenvalue weighted by Crippen LogP contribution is -2.52. The molecular weight excluding hydrogens is 395 g/mol. The normalized spacial score (nSPS) is 17.7. The first-order chi connectivity index (χ1) is 15.2. The molecule has 4 rings (SSSR count). The third-order valence-corrected chi connectivity index (χ3v) is 5.93. The molecule has 0 amide bonds. The highest BCUT2D eigenvalue weighted by Gasteiger charge is 2.27. The summed E-state index contributed by atoms with van der Waals surface area (Å²) >= 11 is 0.